The van der Waals surface area contributed by atoms with Crippen LogP contribution in [0.25, 0.3) is 0 Å². The Morgan fingerprint density at radius 1 is 1.09 bits per heavy atom. The second kappa shape index (κ2) is 6.73. The van der Waals surface area contributed by atoms with E-state index in [1.807, 2.05) is 47.4 Å². The van der Waals surface area contributed by atoms with E-state index in [-0.39, 0.29) is 5.91 Å². The Bertz CT molecular complexity index is 681. The summed E-state index contributed by atoms with van der Waals surface area (Å²) in [7, 11) is 1.62. The smallest absolute Gasteiger partial charge is 0.267 e. The van der Waals surface area contributed by atoms with Crippen molar-refractivity contribution in [1.29, 1.82) is 0 Å². The van der Waals surface area contributed by atoms with Gasteiger partial charge in [0, 0.05) is 12.2 Å². The highest BCUT2D eigenvalue weighted by Crippen LogP contribution is 2.28. The van der Waals surface area contributed by atoms with E-state index in [1.54, 1.807) is 14.0 Å². The van der Waals surface area contributed by atoms with Crippen LogP contribution in [0.2, 0.25) is 0 Å². The lowest BCUT2D eigenvalue weighted by atomic mass is 10.0. The van der Waals surface area contributed by atoms with Gasteiger partial charge >= 0.3 is 0 Å². The lowest BCUT2D eigenvalue weighted by Crippen LogP contribution is -2.43. The molecule has 1 atom stereocenters. The molecule has 0 aromatic heterocycles. The summed E-state index contributed by atoms with van der Waals surface area (Å²) in [5, 5.41) is 0. The van der Waals surface area contributed by atoms with E-state index in [4.69, 9.17) is 9.47 Å². The van der Waals surface area contributed by atoms with Crippen molar-refractivity contribution in [2.24, 2.45) is 0 Å². The van der Waals surface area contributed by atoms with Crippen LogP contribution in [0.5, 0.6) is 11.5 Å². The molecule has 1 heterocycles. The largest absolute Gasteiger partial charge is 0.497 e. The number of hydrogen-bond acceptors (Lipinski definition) is 3. The van der Waals surface area contributed by atoms with Gasteiger partial charge in [0.25, 0.3) is 5.91 Å². The molecule has 1 aliphatic rings. The second-order valence-electron chi connectivity index (χ2n) is 5.66. The lowest BCUT2D eigenvalue weighted by Gasteiger charge is -2.31. The number of carbonyl (C=O) groups excluding carboxylic acids is 1. The summed E-state index contributed by atoms with van der Waals surface area (Å²) in [6.07, 6.45) is 1.47. The van der Waals surface area contributed by atoms with Gasteiger partial charge in [-0.25, -0.2) is 0 Å². The van der Waals surface area contributed by atoms with Crippen LogP contribution >= 0.6 is 0 Å². The van der Waals surface area contributed by atoms with Crippen LogP contribution in [-0.4, -0.2) is 25.7 Å². The van der Waals surface area contributed by atoms with E-state index in [1.165, 1.54) is 5.56 Å². The monoisotopic (exact) mass is 311 g/mol. The molecular weight excluding hydrogens is 290 g/mol. The van der Waals surface area contributed by atoms with Gasteiger partial charge in [0.15, 0.2) is 6.10 Å². The predicted octanol–water partition coefficient (Wildman–Crippen LogP) is 3.44. The summed E-state index contributed by atoms with van der Waals surface area (Å²) in [4.78, 5) is 14.6. The fourth-order valence-corrected chi connectivity index (χ4v) is 2.89. The Balaban J connectivity index is 1.72. The third-order valence-corrected chi connectivity index (χ3v) is 4.10. The highest BCUT2D eigenvalue weighted by Gasteiger charge is 2.27. The Labute approximate surface area is 136 Å². The van der Waals surface area contributed by atoms with Crippen LogP contribution < -0.4 is 14.4 Å². The third kappa shape index (κ3) is 3.31. The van der Waals surface area contributed by atoms with Gasteiger partial charge in [-0.3, -0.25) is 4.79 Å². The molecule has 1 aliphatic heterocycles. The van der Waals surface area contributed by atoms with Crippen molar-refractivity contribution in [2.45, 2.75) is 25.9 Å². The number of methoxy groups -OCH3 is 1. The third-order valence-electron chi connectivity index (χ3n) is 4.10. The quantitative estimate of drug-likeness (QED) is 0.868. The van der Waals surface area contributed by atoms with Crippen LogP contribution in [0.1, 0.15) is 18.9 Å². The fraction of sp³-hybridized carbons (Fsp3) is 0.316. The van der Waals surface area contributed by atoms with Gasteiger partial charge in [0.05, 0.1) is 7.11 Å². The number of hydrogen-bond donors (Lipinski definition) is 0. The minimum atomic E-state index is -0.533. The standard InChI is InChI=1S/C19H21NO3/c1-14(23-17-11-9-16(22-2)10-12-17)19(21)20-13-5-7-15-6-3-4-8-18(15)20/h3-4,6,8-12,14H,5,7,13H2,1-2H3/t14-/m0/s1. The molecule has 0 unspecified atom stereocenters. The zero-order valence-electron chi connectivity index (χ0n) is 13.5. The number of aryl methyl sites for hydroxylation is 1. The maximum atomic E-state index is 12.8. The van der Waals surface area contributed by atoms with Crippen molar-refractivity contribution in [1.82, 2.24) is 0 Å². The number of amides is 1. The maximum Gasteiger partial charge on any atom is 0.267 e. The Hall–Kier alpha value is -2.49. The van der Waals surface area contributed by atoms with E-state index in [9.17, 15) is 4.79 Å². The first kappa shape index (κ1) is 15.4. The van der Waals surface area contributed by atoms with E-state index < -0.39 is 6.10 Å². The van der Waals surface area contributed by atoms with Crippen molar-refractivity contribution < 1.29 is 14.3 Å². The molecular formula is C19H21NO3. The number of rotatable bonds is 4. The molecule has 0 radical (unpaired) electrons. The predicted molar refractivity (Wildman–Crippen MR) is 90.2 cm³/mol. The fourth-order valence-electron chi connectivity index (χ4n) is 2.89. The number of fused-ring (bicyclic) bond motifs is 1. The molecule has 23 heavy (non-hydrogen) atoms. The summed E-state index contributed by atoms with van der Waals surface area (Å²) in [6, 6.07) is 15.4. The minimum absolute atomic E-state index is 0.00651. The molecule has 0 aliphatic carbocycles. The number of carbonyl (C=O) groups is 1. The van der Waals surface area contributed by atoms with Gasteiger partial charge < -0.3 is 14.4 Å². The Kier molecular flexibility index (Phi) is 4.51. The van der Waals surface area contributed by atoms with Crippen molar-refractivity contribution in [3.63, 3.8) is 0 Å². The van der Waals surface area contributed by atoms with Gasteiger partial charge in [-0.1, -0.05) is 18.2 Å². The van der Waals surface area contributed by atoms with Crippen molar-refractivity contribution >= 4 is 11.6 Å². The summed E-state index contributed by atoms with van der Waals surface area (Å²) in [5.74, 6) is 1.42. The highest BCUT2D eigenvalue weighted by atomic mass is 16.5. The molecule has 0 saturated heterocycles. The van der Waals surface area contributed by atoms with Crippen molar-refractivity contribution in [2.75, 3.05) is 18.6 Å². The molecule has 0 fully saturated rings. The van der Waals surface area contributed by atoms with Crippen LogP contribution in [0.3, 0.4) is 0 Å². The Morgan fingerprint density at radius 2 is 1.78 bits per heavy atom. The molecule has 2 aromatic rings. The van der Waals surface area contributed by atoms with Crippen LogP contribution in [0.4, 0.5) is 5.69 Å². The van der Waals surface area contributed by atoms with E-state index in [0.29, 0.717) is 5.75 Å². The van der Waals surface area contributed by atoms with Crippen LogP contribution in [0, 0.1) is 0 Å². The number of para-hydroxylation sites is 1. The summed E-state index contributed by atoms with van der Waals surface area (Å²) in [5.41, 5.74) is 2.23. The zero-order chi connectivity index (χ0) is 16.2. The summed E-state index contributed by atoms with van der Waals surface area (Å²) < 4.78 is 10.9. The van der Waals surface area contributed by atoms with Crippen LogP contribution in [-0.2, 0) is 11.2 Å². The van der Waals surface area contributed by atoms with E-state index in [2.05, 4.69) is 6.07 Å². The van der Waals surface area contributed by atoms with Gasteiger partial charge in [-0.15, -0.1) is 0 Å². The number of nitrogens with zero attached hydrogens (tertiary/aromatic N) is 1. The molecule has 0 N–H and O–H groups in total. The van der Waals surface area contributed by atoms with Gasteiger partial charge in [0.2, 0.25) is 0 Å². The van der Waals surface area contributed by atoms with Gasteiger partial charge in [-0.2, -0.15) is 0 Å². The zero-order valence-corrected chi connectivity index (χ0v) is 13.5. The molecule has 4 heteroatoms. The van der Waals surface area contributed by atoms with Gasteiger partial charge in [0.1, 0.15) is 11.5 Å². The molecule has 120 valence electrons. The summed E-state index contributed by atoms with van der Waals surface area (Å²) >= 11 is 0. The molecule has 3 rings (SSSR count). The van der Waals surface area contributed by atoms with Crippen LogP contribution in [0.15, 0.2) is 48.5 Å². The number of benzene rings is 2. The molecule has 0 bridgehead atoms. The molecule has 0 spiro atoms. The Morgan fingerprint density at radius 3 is 2.52 bits per heavy atom. The van der Waals surface area contributed by atoms with Gasteiger partial charge in [-0.05, 0) is 55.7 Å². The lowest BCUT2D eigenvalue weighted by molar-refractivity contribution is -0.124. The molecule has 2 aromatic carbocycles. The average Bonchev–Trinajstić information content (AvgIpc) is 2.61. The van der Waals surface area contributed by atoms with Crippen molar-refractivity contribution in [3.05, 3.63) is 54.1 Å². The molecule has 0 saturated carbocycles. The molecule has 4 nitrogen and oxygen atoms in total. The minimum Gasteiger partial charge on any atom is -0.497 e. The first-order valence-corrected chi connectivity index (χ1v) is 7.89. The first-order chi connectivity index (χ1) is 11.2. The number of ether oxygens (including phenoxy) is 2. The SMILES string of the molecule is COc1ccc(O[C@@H](C)C(=O)N2CCCc3ccccc32)cc1. The highest BCUT2D eigenvalue weighted by molar-refractivity contribution is 5.97. The second-order valence-corrected chi connectivity index (χ2v) is 5.66. The normalized spacial score (nSPS) is 14.8. The van der Waals surface area contributed by atoms with Crippen molar-refractivity contribution in [3.8, 4) is 11.5 Å². The maximum absolute atomic E-state index is 12.8. The first-order valence-electron chi connectivity index (χ1n) is 7.89. The van der Waals surface area contributed by atoms with E-state index in [0.717, 1.165) is 30.8 Å². The molecule has 1 amide bonds. The number of anilines is 1. The average molecular weight is 311 g/mol. The topological polar surface area (TPSA) is 38.8 Å². The summed E-state index contributed by atoms with van der Waals surface area (Å²) in [6.45, 7) is 2.54. The van der Waals surface area contributed by atoms with E-state index >= 15 is 0 Å².